The highest BCUT2D eigenvalue weighted by molar-refractivity contribution is 5.84. The second kappa shape index (κ2) is 6.83. The average molecular weight is 312 g/mol. The molecule has 0 atom stereocenters. The maximum absolute atomic E-state index is 11.8. The van der Waals surface area contributed by atoms with E-state index < -0.39 is 0 Å². The lowest BCUT2D eigenvalue weighted by Gasteiger charge is -2.03. The Bertz CT molecular complexity index is 726. The summed E-state index contributed by atoms with van der Waals surface area (Å²) < 4.78 is 15.6. The summed E-state index contributed by atoms with van der Waals surface area (Å²) in [4.78, 5) is 11.8. The van der Waals surface area contributed by atoms with Crippen molar-refractivity contribution in [3.8, 4) is 17.2 Å². The number of hydrogen-bond acceptors (Lipinski definition) is 5. The predicted octanol–water partition coefficient (Wildman–Crippen LogP) is 2.12. The van der Waals surface area contributed by atoms with Gasteiger partial charge in [-0.15, -0.1) is 0 Å². The van der Waals surface area contributed by atoms with Gasteiger partial charge in [0.1, 0.15) is 5.75 Å². The van der Waals surface area contributed by atoms with Crippen molar-refractivity contribution < 1.29 is 19.0 Å². The number of rotatable bonds is 5. The first-order valence-corrected chi connectivity index (χ1v) is 7.09. The van der Waals surface area contributed by atoms with Crippen LogP contribution in [0.4, 0.5) is 0 Å². The number of hydrogen-bond donors (Lipinski definition) is 1. The molecule has 1 aliphatic heterocycles. The second-order valence-corrected chi connectivity index (χ2v) is 4.93. The molecule has 3 rings (SSSR count). The van der Waals surface area contributed by atoms with E-state index in [1.54, 1.807) is 13.3 Å². The van der Waals surface area contributed by atoms with Gasteiger partial charge in [0.2, 0.25) is 12.7 Å². The van der Waals surface area contributed by atoms with E-state index in [0.29, 0.717) is 11.5 Å². The van der Waals surface area contributed by atoms with Gasteiger partial charge < -0.3 is 14.2 Å². The van der Waals surface area contributed by atoms with Crippen LogP contribution in [0.25, 0.3) is 0 Å². The van der Waals surface area contributed by atoms with Crippen LogP contribution < -0.4 is 19.6 Å². The lowest BCUT2D eigenvalue weighted by Crippen LogP contribution is -2.19. The van der Waals surface area contributed by atoms with Crippen LogP contribution in [0.5, 0.6) is 17.2 Å². The fraction of sp³-hybridized carbons (Fsp3) is 0.176. The van der Waals surface area contributed by atoms with Gasteiger partial charge in [0.25, 0.3) is 0 Å². The molecule has 118 valence electrons. The highest BCUT2D eigenvalue weighted by Gasteiger charge is 2.12. The van der Waals surface area contributed by atoms with Crippen LogP contribution >= 0.6 is 0 Å². The molecule has 1 amide bonds. The molecule has 23 heavy (non-hydrogen) atoms. The SMILES string of the molecule is COc1ccc(CC(=O)N/N=C\c2ccc3c(c2)OCO3)cc1. The zero-order valence-electron chi connectivity index (χ0n) is 12.6. The van der Waals surface area contributed by atoms with Gasteiger partial charge in [-0.1, -0.05) is 12.1 Å². The van der Waals surface area contributed by atoms with Gasteiger partial charge in [0, 0.05) is 0 Å². The number of hydrazone groups is 1. The normalized spacial score (nSPS) is 12.4. The Hall–Kier alpha value is -3.02. The zero-order chi connectivity index (χ0) is 16.1. The van der Waals surface area contributed by atoms with Gasteiger partial charge >= 0.3 is 0 Å². The van der Waals surface area contributed by atoms with Crippen molar-refractivity contribution in [2.24, 2.45) is 5.10 Å². The van der Waals surface area contributed by atoms with Crippen LogP contribution in [-0.2, 0) is 11.2 Å². The Labute approximate surface area is 133 Å². The summed E-state index contributed by atoms with van der Waals surface area (Å²) in [5, 5.41) is 3.95. The Balaban J connectivity index is 1.53. The number of fused-ring (bicyclic) bond motifs is 1. The quantitative estimate of drug-likeness (QED) is 0.678. The van der Waals surface area contributed by atoms with Crippen LogP contribution in [0.3, 0.4) is 0 Å². The molecule has 0 aliphatic carbocycles. The molecule has 1 heterocycles. The lowest BCUT2D eigenvalue weighted by molar-refractivity contribution is -0.120. The van der Waals surface area contributed by atoms with Gasteiger partial charge in [-0.25, -0.2) is 5.43 Å². The van der Waals surface area contributed by atoms with Crippen molar-refractivity contribution >= 4 is 12.1 Å². The molecule has 0 bridgehead atoms. The Morgan fingerprint density at radius 3 is 2.78 bits per heavy atom. The van der Waals surface area contributed by atoms with Gasteiger partial charge in [-0.3, -0.25) is 4.79 Å². The van der Waals surface area contributed by atoms with E-state index in [2.05, 4.69) is 10.5 Å². The lowest BCUT2D eigenvalue weighted by atomic mass is 10.1. The maximum Gasteiger partial charge on any atom is 0.244 e. The van der Waals surface area contributed by atoms with Crippen molar-refractivity contribution in [1.29, 1.82) is 0 Å². The molecule has 0 unspecified atom stereocenters. The number of carbonyl (C=O) groups excluding carboxylic acids is 1. The van der Waals surface area contributed by atoms with Crippen LogP contribution in [-0.4, -0.2) is 26.0 Å². The Morgan fingerprint density at radius 1 is 1.22 bits per heavy atom. The molecule has 0 aromatic heterocycles. The minimum Gasteiger partial charge on any atom is -0.497 e. The fourth-order valence-corrected chi connectivity index (χ4v) is 2.14. The van der Waals surface area contributed by atoms with E-state index in [1.165, 1.54) is 0 Å². The number of carbonyl (C=O) groups is 1. The van der Waals surface area contributed by atoms with E-state index in [0.717, 1.165) is 16.9 Å². The molecule has 0 radical (unpaired) electrons. The van der Waals surface area contributed by atoms with Crippen LogP contribution in [0.1, 0.15) is 11.1 Å². The maximum atomic E-state index is 11.8. The van der Waals surface area contributed by atoms with Crippen molar-refractivity contribution in [2.45, 2.75) is 6.42 Å². The molecule has 0 spiro atoms. The van der Waals surface area contributed by atoms with E-state index in [9.17, 15) is 4.79 Å². The monoisotopic (exact) mass is 312 g/mol. The number of ether oxygens (including phenoxy) is 3. The highest BCUT2D eigenvalue weighted by atomic mass is 16.7. The van der Waals surface area contributed by atoms with E-state index in [1.807, 2.05) is 42.5 Å². The van der Waals surface area contributed by atoms with Crippen molar-refractivity contribution in [3.63, 3.8) is 0 Å². The predicted molar refractivity (Wildman–Crippen MR) is 85.0 cm³/mol. The first-order chi connectivity index (χ1) is 11.2. The van der Waals surface area contributed by atoms with Crippen molar-refractivity contribution in [2.75, 3.05) is 13.9 Å². The molecule has 0 saturated heterocycles. The molecule has 1 N–H and O–H groups in total. The fourth-order valence-electron chi connectivity index (χ4n) is 2.14. The number of benzene rings is 2. The molecule has 1 aliphatic rings. The number of nitrogens with one attached hydrogen (secondary N) is 1. The standard InChI is InChI=1S/C17H16N2O4/c1-21-14-5-2-12(3-6-14)9-17(20)19-18-10-13-4-7-15-16(8-13)23-11-22-15/h2-8,10H,9,11H2,1H3,(H,19,20)/b18-10-. The highest BCUT2D eigenvalue weighted by Crippen LogP contribution is 2.31. The third-order valence-electron chi connectivity index (χ3n) is 3.32. The topological polar surface area (TPSA) is 69.2 Å². The minimum absolute atomic E-state index is 0.188. The molecule has 2 aromatic carbocycles. The summed E-state index contributed by atoms with van der Waals surface area (Å²) in [7, 11) is 1.60. The summed E-state index contributed by atoms with van der Waals surface area (Å²) >= 11 is 0. The van der Waals surface area contributed by atoms with E-state index in [4.69, 9.17) is 14.2 Å². The second-order valence-electron chi connectivity index (χ2n) is 4.93. The summed E-state index contributed by atoms with van der Waals surface area (Å²) in [6, 6.07) is 12.8. The Kier molecular flexibility index (Phi) is 4.42. The average Bonchev–Trinajstić information content (AvgIpc) is 3.03. The molecule has 0 fully saturated rings. The number of methoxy groups -OCH3 is 1. The summed E-state index contributed by atoms with van der Waals surface area (Å²) in [5.74, 6) is 1.96. The smallest absolute Gasteiger partial charge is 0.244 e. The first kappa shape index (κ1) is 14.9. The summed E-state index contributed by atoms with van der Waals surface area (Å²) in [6.07, 6.45) is 1.82. The van der Waals surface area contributed by atoms with Crippen molar-refractivity contribution in [1.82, 2.24) is 5.43 Å². The largest absolute Gasteiger partial charge is 0.497 e. The van der Waals surface area contributed by atoms with Crippen LogP contribution in [0.2, 0.25) is 0 Å². The summed E-state index contributed by atoms with van der Waals surface area (Å²) in [5.41, 5.74) is 4.21. The number of nitrogens with zero attached hydrogens (tertiary/aromatic N) is 1. The molecular formula is C17H16N2O4. The Morgan fingerprint density at radius 2 is 2.00 bits per heavy atom. The van der Waals surface area contributed by atoms with E-state index in [-0.39, 0.29) is 19.1 Å². The van der Waals surface area contributed by atoms with Gasteiger partial charge in [-0.05, 0) is 41.5 Å². The first-order valence-electron chi connectivity index (χ1n) is 7.09. The minimum atomic E-state index is -0.188. The third-order valence-corrected chi connectivity index (χ3v) is 3.32. The third kappa shape index (κ3) is 3.79. The van der Waals surface area contributed by atoms with Gasteiger partial charge in [0.05, 0.1) is 19.7 Å². The number of amides is 1. The molecule has 6 nitrogen and oxygen atoms in total. The molecule has 0 saturated carbocycles. The van der Waals surface area contributed by atoms with E-state index >= 15 is 0 Å². The molecule has 2 aromatic rings. The molecule has 6 heteroatoms. The van der Waals surface area contributed by atoms with Crippen molar-refractivity contribution in [3.05, 3.63) is 53.6 Å². The van der Waals surface area contributed by atoms with Crippen LogP contribution in [0.15, 0.2) is 47.6 Å². The molecular weight excluding hydrogens is 296 g/mol. The van der Waals surface area contributed by atoms with Gasteiger partial charge in [0.15, 0.2) is 11.5 Å². The zero-order valence-corrected chi connectivity index (χ0v) is 12.6. The summed E-state index contributed by atoms with van der Waals surface area (Å²) in [6.45, 7) is 0.231. The van der Waals surface area contributed by atoms with Crippen LogP contribution in [0, 0.1) is 0 Å². The van der Waals surface area contributed by atoms with Gasteiger partial charge in [-0.2, -0.15) is 5.10 Å².